The summed E-state index contributed by atoms with van der Waals surface area (Å²) in [6.45, 7) is 0.870. The molecule has 3 N–H and O–H groups in total. The second-order valence-corrected chi connectivity index (χ2v) is 6.72. The number of carbonyl (C=O) groups is 3. The number of carbonyl (C=O) groups excluding carboxylic acids is 2. The zero-order chi connectivity index (χ0) is 15.7. The van der Waals surface area contributed by atoms with E-state index in [-0.39, 0.29) is 30.1 Å². The molecule has 0 aromatic heterocycles. The summed E-state index contributed by atoms with van der Waals surface area (Å²) < 4.78 is 0. The van der Waals surface area contributed by atoms with Gasteiger partial charge in [-0.15, -0.1) is 0 Å². The summed E-state index contributed by atoms with van der Waals surface area (Å²) >= 11 is 0. The number of nitrogens with one attached hydrogen (secondary N) is 2. The van der Waals surface area contributed by atoms with Gasteiger partial charge in [0.2, 0.25) is 5.91 Å². The predicted molar refractivity (Wildman–Crippen MR) is 78.2 cm³/mol. The molecule has 3 amide bonds. The minimum Gasteiger partial charge on any atom is -0.481 e. The Labute approximate surface area is 129 Å². The van der Waals surface area contributed by atoms with E-state index in [0.29, 0.717) is 25.8 Å². The van der Waals surface area contributed by atoms with Crippen LogP contribution in [0.2, 0.25) is 0 Å². The first kappa shape index (κ1) is 15.1. The fourth-order valence-electron chi connectivity index (χ4n) is 3.82. The van der Waals surface area contributed by atoms with Crippen LogP contribution in [0.1, 0.15) is 44.9 Å². The number of rotatable bonds is 2. The van der Waals surface area contributed by atoms with Crippen molar-refractivity contribution in [1.29, 1.82) is 0 Å². The quantitative estimate of drug-likeness (QED) is 0.699. The van der Waals surface area contributed by atoms with E-state index in [1.54, 1.807) is 4.90 Å². The molecule has 2 aliphatic heterocycles. The van der Waals surface area contributed by atoms with Crippen molar-refractivity contribution < 1.29 is 19.5 Å². The van der Waals surface area contributed by atoms with Gasteiger partial charge in [0.1, 0.15) is 0 Å². The molecule has 2 heterocycles. The average molecular weight is 309 g/mol. The lowest BCUT2D eigenvalue weighted by molar-refractivity contribution is -0.143. The summed E-state index contributed by atoms with van der Waals surface area (Å²) in [6.07, 6.45) is 5.32. The highest BCUT2D eigenvalue weighted by molar-refractivity contribution is 5.80. The van der Waals surface area contributed by atoms with Gasteiger partial charge in [-0.2, -0.15) is 0 Å². The average Bonchev–Trinajstić information content (AvgIpc) is 2.47. The van der Waals surface area contributed by atoms with Gasteiger partial charge in [0.15, 0.2) is 0 Å². The second kappa shape index (κ2) is 5.78. The summed E-state index contributed by atoms with van der Waals surface area (Å²) in [7, 11) is 0. The molecule has 0 bridgehead atoms. The molecular formula is C15H23N3O4. The van der Waals surface area contributed by atoms with Crippen molar-refractivity contribution in [3.63, 3.8) is 0 Å². The maximum Gasteiger partial charge on any atom is 0.317 e. The van der Waals surface area contributed by atoms with Crippen molar-refractivity contribution >= 4 is 17.9 Å². The lowest BCUT2D eigenvalue weighted by Gasteiger charge is -2.51. The van der Waals surface area contributed by atoms with E-state index < -0.39 is 11.9 Å². The summed E-state index contributed by atoms with van der Waals surface area (Å²) in [6, 6.07) is -0.241. The molecule has 3 aliphatic rings. The number of hydrogen-bond donors (Lipinski definition) is 3. The van der Waals surface area contributed by atoms with Crippen LogP contribution in [0.3, 0.4) is 0 Å². The smallest absolute Gasteiger partial charge is 0.317 e. The van der Waals surface area contributed by atoms with Crippen LogP contribution in [0.15, 0.2) is 0 Å². The predicted octanol–water partition coefficient (Wildman–Crippen LogP) is 0.694. The Hall–Kier alpha value is -1.79. The van der Waals surface area contributed by atoms with Gasteiger partial charge in [-0.1, -0.05) is 0 Å². The van der Waals surface area contributed by atoms with Crippen molar-refractivity contribution in [2.45, 2.75) is 56.5 Å². The van der Waals surface area contributed by atoms with Crippen molar-refractivity contribution in [1.82, 2.24) is 15.5 Å². The molecule has 2 unspecified atom stereocenters. The number of carboxylic acids is 1. The minimum absolute atomic E-state index is 0.0448. The zero-order valence-electron chi connectivity index (χ0n) is 12.6. The molecule has 1 spiro atoms. The third-order valence-corrected chi connectivity index (χ3v) is 5.32. The first-order valence-electron chi connectivity index (χ1n) is 8.09. The molecule has 3 fully saturated rings. The molecule has 1 aliphatic carbocycles. The normalized spacial score (nSPS) is 30.4. The highest BCUT2D eigenvalue weighted by Gasteiger charge is 2.48. The molecule has 0 aromatic rings. The molecule has 22 heavy (non-hydrogen) atoms. The van der Waals surface area contributed by atoms with Gasteiger partial charge < -0.3 is 20.6 Å². The summed E-state index contributed by atoms with van der Waals surface area (Å²) in [5, 5.41) is 15.2. The van der Waals surface area contributed by atoms with Gasteiger partial charge in [-0.3, -0.25) is 9.59 Å². The number of amides is 3. The molecule has 0 aromatic carbocycles. The van der Waals surface area contributed by atoms with Gasteiger partial charge in [-0.05, 0) is 38.5 Å². The minimum atomic E-state index is -0.835. The molecule has 3 rings (SSSR count). The molecule has 2 atom stereocenters. The van der Waals surface area contributed by atoms with Gasteiger partial charge in [0.05, 0.1) is 17.5 Å². The summed E-state index contributed by atoms with van der Waals surface area (Å²) in [5.41, 5.74) is -0.271. The van der Waals surface area contributed by atoms with E-state index in [2.05, 4.69) is 10.6 Å². The van der Waals surface area contributed by atoms with Gasteiger partial charge in [-0.25, -0.2) is 4.79 Å². The number of nitrogens with zero attached hydrogens (tertiary/aromatic N) is 1. The van der Waals surface area contributed by atoms with Gasteiger partial charge >= 0.3 is 12.0 Å². The fourth-order valence-corrected chi connectivity index (χ4v) is 3.82. The standard InChI is InChI=1S/C15H23N3O4/c19-12-5-4-11(15(17-12)6-2-7-15)16-14(22)18-8-1-3-10(9-18)13(20)21/h10-11H,1-9H2,(H,16,22)(H,17,19)(H,20,21). The lowest BCUT2D eigenvalue weighted by Crippen LogP contribution is -2.69. The SMILES string of the molecule is O=C1CCC(NC(=O)N2CCCC(C(=O)O)C2)C2(CCC2)N1. The second-order valence-electron chi connectivity index (χ2n) is 6.72. The monoisotopic (exact) mass is 309 g/mol. The lowest BCUT2D eigenvalue weighted by atomic mass is 9.68. The first-order valence-corrected chi connectivity index (χ1v) is 8.09. The zero-order valence-corrected chi connectivity index (χ0v) is 12.6. The third-order valence-electron chi connectivity index (χ3n) is 5.32. The Morgan fingerprint density at radius 3 is 2.68 bits per heavy atom. The van der Waals surface area contributed by atoms with Crippen LogP contribution in [-0.2, 0) is 9.59 Å². The van der Waals surface area contributed by atoms with Crippen LogP contribution in [0.25, 0.3) is 0 Å². The molecule has 0 radical (unpaired) electrons. The summed E-state index contributed by atoms with van der Waals surface area (Å²) in [4.78, 5) is 36.8. The first-order chi connectivity index (χ1) is 10.5. The molecule has 7 nitrogen and oxygen atoms in total. The Morgan fingerprint density at radius 1 is 1.27 bits per heavy atom. The number of aliphatic carboxylic acids is 1. The van der Waals surface area contributed by atoms with Crippen LogP contribution < -0.4 is 10.6 Å². The van der Waals surface area contributed by atoms with Crippen LogP contribution in [0, 0.1) is 5.92 Å². The maximum absolute atomic E-state index is 12.5. The Bertz CT molecular complexity index is 489. The molecular weight excluding hydrogens is 286 g/mol. The van der Waals surface area contributed by atoms with E-state index in [9.17, 15) is 14.4 Å². The molecule has 2 saturated heterocycles. The Kier molecular flexibility index (Phi) is 3.97. The van der Waals surface area contributed by atoms with Crippen LogP contribution >= 0.6 is 0 Å². The van der Waals surface area contributed by atoms with Gasteiger partial charge in [0.25, 0.3) is 0 Å². The van der Waals surface area contributed by atoms with Crippen LogP contribution in [0.4, 0.5) is 4.79 Å². The van der Waals surface area contributed by atoms with Crippen molar-refractivity contribution in [3.8, 4) is 0 Å². The van der Waals surface area contributed by atoms with E-state index in [1.807, 2.05) is 0 Å². The number of piperidine rings is 2. The maximum atomic E-state index is 12.5. The topological polar surface area (TPSA) is 98.7 Å². The highest BCUT2D eigenvalue weighted by atomic mass is 16.4. The number of hydrogen-bond acceptors (Lipinski definition) is 3. The number of urea groups is 1. The van der Waals surface area contributed by atoms with E-state index >= 15 is 0 Å². The highest BCUT2D eigenvalue weighted by Crippen LogP contribution is 2.39. The molecule has 1 saturated carbocycles. The van der Waals surface area contributed by atoms with E-state index in [1.165, 1.54) is 0 Å². The third kappa shape index (κ3) is 2.76. The number of likely N-dealkylation sites (tertiary alicyclic amines) is 1. The van der Waals surface area contributed by atoms with E-state index in [0.717, 1.165) is 25.7 Å². The largest absolute Gasteiger partial charge is 0.481 e. The van der Waals surface area contributed by atoms with Crippen molar-refractivity contribution in [3.05, 3.63) is 0 Å². The van der Waals surface area contributed by atoms with Crippen molar-refractivity contribution in [2.24, 2.45) is 5.92 Å². The molecule has 7 heteroatoms. The Balaban J connectivity index is 1.61. The molecule has 122 valence electrons. The fraction of sp³-hybridized carbons (Fsp3) is 0.800. The Morgan fingerprint density at radius 2 is 2.05 bits per heavy atom. The summed E-state index contributed by atoms with van der Waals surface area (Å²) in [5.74, 6) is -1.24. The van der Waals surface area contributed by atoms with Crippen LogP contribution in [-0.4, -0.2) is 52.6 Å². The van der Waals surface area contributed by atoms with Gasteiger partial charge in [0, 0.05) is 19.5 Å². The number of carboxylic acid groups (broad SMARTS) is 1. The van der Waals surface area contributed by atoms with Crippen LogP contribution in [0.5, 0.6) is 0 Å². The van der Waals surface area contributed by atoms with E-state index in [4.69, 9.17) is 5.11 Å². The van der Waals surface area contributed by atoms with Crippen molar-refractivity contribution in [2.75, 3.05) is 13.1 Å².